The van der Waals surface area contributed by atoms with Gasteiger partial charge in [0.25, 0.3) is 0 Å². The monoisotopic (exact) mass is 289 g/mol. The Labute approximate surface area is 121 Å². The molecule has 0 saturated heterocycles. The van der Waals surface area contributed by atoms with Crippen LogP contribution in [0.1, 0.15) is 20.8 Å². The van der Waals surface area contributed by atoms with E-state index >= 15 is 0 Å². The first-order valence-corrected chi connectivity index (χ1v) is 6.81. The number of H-pyrrole nitrogens is 1. The number of nitrogens with one attached hydrogen (secondary N) is 2. The van der Waals surface area contributed by atoms with Crippen LogP contribution in [0, 0.1) is 5.41 Å². The lowest BCUT2D eigenvalue weighted by Crippen LogP contribution is -2.41. The highest BCUT2D eigenvalue weighted by Gasteiger charge is 2.20. The maximum absolute atomic E-state index is 12.0. The third kappa shape index (κ3) is 3.21. The van der Waals surface area contributed by atoms with Crippen LogP contribution in [0.25, 0.3) is 11.0 Å². The highest BCUT2D eigenvalue weighted by molar-refractivity contribution is 5.81. The number of hydrogen-bond donors (Lipinski definition) is 2. The molecule has 2 rings (SSSR count). The van der Waals surface area contributed by atoms with Gasteiger partial charge in [-0.15, -0.1) is 0 Å². The molecule has 112 valence electrons. The zero-order valence-corrected chi connectivity index (χ0v) is 12.4. The molecule has 0 bridgehead atoms. The Morgan fingerprint density at radius 2 is 1.90 bits per heavy atom. The summed E-state index contributed by atoms with van der Waals surface area (Å²) in [6.07, 6.45) is 0. The average molecular weight is 289 g/mol. The summed E-state index contributed by atoms with van der Waals surface area (Å²) in [5.41, 5.74) is -0.507. The Morgan fingerprint density at radius 1 is 1.24 bits per heavy atom. The Bertz CT molecular complexity index is 781. The number of carbonyl (C=O) groups excluding carboxylic acids is 1. The van der Waals surface area contributed by atoms with Crippen molar-refractivity contribution in [1.82, 2.24) is 14.9 Å². The summed E-state index contributed by atoms with van der Waals surface area (Å²) in [7, 11) is 0. The molecule has 0 unspecified atom stereocenters. The van der Waals surface area contributed by atoms with Gasteiger partial charge in [0.1, 0.15) is 0 Å². The zero-order chi connectivity index (χ0) is 15.6. The van der Waals surface area contributed by atoms with Gasteiger partial charge in [-0.1, -0.05) is 32.9 Å². The van der Waals surface area contributed by atoms with E-state index in [0.29, 0.717) is 17.6 Å². The van der Waals surface area contributed by atoms with Crippen molar-refractivity contribution in [2.45, 2.75) is 27.3 Å². The third-order valence-corrected chi connectivity index (χ3v) is 3.18. The first-order chi connectivity index (χ1) is 9.80. The Hall–Kier alpha value is -2.37. The average Bonchev–Trinajstić information content (AvgIpc) is 2.41. The molecule has 0 fully saturated rings. The van der Waals surface area contributed by atoms with Crippen LogP contribution in [0.3, 0.4) is 0 Å². The predicted octanol–water partition coefficient (Wildman–Crippen LogP) is 0.852. The number of nitrogens with zero attached hydrogens (tertiary/aromatic N) is 1. The van der Waals surface area contributed by atoms with Crippen LogP contribution in [0.2, 0.25) is 0 Å². The van der Waals surface area contributed by atoms with Gasteiger partial charge in [0.15, 0.2) is 0 Å². The van der Waals surface area contributed by atoms with Crippen molar-refractivity contribution < 1.29 is 4.79 Å². The molecule has 0 saturated carbocycles. The van der Waals surface area contributed by atoms with Gasteiger partial charge in [0.05, 0.1) is 11.0 Å². The highest BCUT2D eigenvalue weighted by atomic mass is 16.2. The van der Waals surface area contributed by atoms with Crippen molar-refractivity contribution in [1.29, 1.82) is 0 Å². The maximum Gasteiger partial charge on any atom is 0.316 e. The zero-order valence-electron chi connectivity index (χ0n) is 12.4. The normalized spacial score (nSPS) is 11.6. The minimum Gasteiger partial charge on any atom is -0.354 e. The minimum absolute atomic E-state index is 0.0929. The maximum atomic E-state index is 12.0. The lowest BCUT2D eigenvalue weighted by Gasteiger charge is -2.18. The summed E-state index contributed by atoms with van der Waals surface area (Å²) in [4.78, 5) is 37.9. The van der Waals surface area contributed by atoms with Gasteiger partial charge < -0.3 is 14.9 Å². The number of aromatic amines is 1. The standard InChI is InChI=1S/C15H19N3O3/c1-15(2,3)14(21)16-8-9-18-11-7-5-4-6-10(11)17-12(19)13(18)20/h4-7H,8-9H2,1-3H3,(H,16,21)(H,17,19). The Kier molecular flexibility index (Phi) is 3.97. The number of para-hydroxylation sites is 2. The summed E-state index contributed by atoms with van der Waals surface area (Å²) >= 11 is 0. The summed E-state index contributed by atoms with van der Waals surface area (Å²) in [5.74, 6) is -0.0929. The molecule has 0 aliphatic rings. The quantitative estimate of drug-likeness (QED) is 0.822. The number of aromatic nitrogens is 2. The van der Waals surface area contributed by atoms with Crippen LogP contribution in [0.4, 0.5) is 0 Å². The van der Waals surface area contributed by atoms with Gasteiger partial charge in [-0.2, -0.15) is 0 Å². The SMILES string of the molecule is CC(C)(C)C(=O)NCCn1c(=O)c(=O)[nH]c2ccccc21. The van der Waals surface area contributed by atoms with Crippen molar-refractivity contribution in [2.24, 2.45) is 5.41 Å². The van der Waals surface area contributed by atoms with E-state index < -0.39 is 16.5 Å². The van der Waals surface area contributed by atoms with Crippen LogP contribution in [0.5, 0.6) is 0 Å². The van der Waals surface area contributed by atoms with Gasteiger partial charge in [0.2, 0.25) is 5.91 Å². The summed E-state index contributed by atoms with van der Waals surface area (Å²) in [5, 5.41) is 2.77. The number of benzene rings is 1. The second-order valence-electron chi connectivity index (χ2n) is 5.93. The first kappa shape index (κ1) is 15.0. The molecule has 0 aliphatic carbocycles. The molecule has 1 aromatic carbocycles. The fourth-order valence-electron chi connectivity index (χ4n) is 1.99. The lowest BCUT2D eigenvalue weighted by molar-refractivity contribution is -0.128. The molecule has 0 radical (unpaired) electrons. The van der Waals surface area contributed by atoms with E-state index in [2.05, 4.69) is 10.3 Å². The number of fused-ring (bicyclic) bond motifs is 1. The van der Waals surface area contributed by atoms with Crippen LogP contribution < -0.4 is 16.4 Å². The van der Waals surface area contributed by atoms with Crippen molar-refractivity contribution >= 4 is 16.9 Å². The molecule has 0 aliphatic heterocycles. The first-order valence-electron chi connectivity index (χ1n) is 6.81. The summed E-state index contributed by atoms with van der Waals surface area (Å²) in [6.45, 7) is 6.00. The lowest BCUT2D eigenvalue weighted by atomic mass is 9.96. The van der Waals surface area contributed by atoms with Crippen LogP contribution in [0.15, 0.2) is 33.9 Å². The van der Waals surface area contributed by atoms with Crippen LogP contribution >= 0.6 is 0 Å². The molecule has 6 heteroatoms. The van der Waals surface area contributed by atoms with Gasteiger partial charge in [-0.25, -0.2) is 0 Å². The summed E-state index contributed by atoms with van der Waals surface area (Å²) in [6, 6.07) is 7.08. The smallest absolute Gasteiger partial charge is 0.316 e. The number of rotatable bonds is 3. The van der Waals surface area contributed by atoms with Crippen molar-refractivity contribution in [3.05, 3.63) is 45.0 Å². The van der Waals surface area contributed by atoms with Crippen LogP contribution in [-0.4, -0.2) is 22.0 Å². The van der Waals surface area contributed by atoms with E-state index in [-0.39, 0.29) is 12.5 Å². The molecule has 0 spiro atoms. The van der Waals surface area contributed by atoms with Gasteiger partial charge in [0, 0.05) is 18.5 Å². The molecular formula is C15H19N3O3. The van der Waals surface area contributed by atoms with Crippen molar-refractivity contribution in [3.63, 3.8) is 0 Å². The molecule has 1 amide bonds. The molecule has 2 aromatic rings. The Balaban J connectivity index is 2.27. The summed E-state index contributed by atoms with van der Waals surface area (Å²) < 4.78 is 1.39. The molecule has 0 atom stereocenters. The third-order valence-electron chi connectivity index (χ3n) is 3.18. The van der Waals surface area contributed by atoms with E-state index in [1.54, 1.807) is 24.3 Å². The molecular weight excluding hydrogens is 270 g/mol. The fraction of sp³-hybridized carbons (Fsp3) is 0.400. The van der Waals surface area contributed by atoms with Gasteiger partial charge >= 0.3 is 11.1 Å². The second kappa shape index (κ2) is 5.55. The molecule has 21 heavy (non-hydrogen) atoms. The largest absolute Gasteiger partial charge is 0.354 e. The molecule has 1 heterocycles. The van der Waals surface area contributed by atoms with Crippen molar-refractivity contribution in [2.75, 3.05) is 6.54 Å². The number of amides is 1. The van der Waals surface area contributed by atoms with Crippen LogP contribution in [-0.2, 0) is 11.3 Å². The second-order valence-corrected chi connectivity index (χ2v) is 5.93. The van der Waals surface area contributed by atoms with E-state index in [0.717, 1.165) is 0 Å². The predicted molar refractivity (Wildman–Crippen MR) is 81.3 cm³/mol. The van der Waals surface area contributed by atoms with Crippen molar-refractivity contribution in [3.8, 4) is 0 Å². The van der Waals surface area contributed by atoms with E-state index in [9.17, 15) is 14.4 Å². The van der Waals surface area contributed by atoms with E-state index in [4.69, 9.17) is 0 Å². The molecule has 2 N–H and O–H groups in total. The van der Waals surface area contributed by atoms with Gasteiger partial charge in [-0.05, 0) is 12.1 Å². The fourth-order valence-corrected chi connectivity index (χ4v) is 1.99. The molecule has 1 aromatic heterocycles. The van der Waals surface area contributed by atoms with Gasteiger partial charge in [-0.3, -0.25) is 14.4 Å². The number of carbonyl (C=O) groups is 1. The van der Waals surface area contributed by atoms with E-state index in [1.165, 1.54) is 4.57 Å². The van der Waals surface area contributed by atoms with E-state index in [1.807, 2.05) is 20.8 Å². The Morgan fingerprint density at radius 3 is 2.57 bits per heavy atom. The minimum atomic E-state index is -0.657. The topological polar surface area (TPSA) is 84.0 Å². The highest BCUT2D eigenvalue weighted by Crippen LogP contribution is 2.12. The number of hydrogen-bond acceptors (Lipinski definition) is 3. The molecule has 6 nitrogen and oxygen atoms in total.